The number of hydrogen-bond acceptors (Lipinski definition) is 4. The van der Waals surface area contributed by atoms with Gasteiger partial charge < -0.3 is 15.8 Å². The van der Waals surface area contributed by atoms with Crippen LogP contribution in [0.2, 0.25) is 0 Å². The second-order valence-corrected chi connectivity index (χ2v) is 6.16. The smallest absolute Gasteiger partial charge is 0.222 e. The van der Waals surface area contributed by atoms with Crippen LogP contribution in [0.5, 0.6) is 0 Å². The fraction of sp³-hybridized carbons (Fsp3) is 0.933. The van der Waals surface area contributed by atoms with Crippen molar-refractivity contribution in [3.05, 3.63) is 0 Å². The van der Waals surface area contributed by atoms with Crippen molar-refractivity contribution in [2.45, 2.75) is 39.7 Å². The van der Waals surface area contributed by atoms with Crippen LogP contribution in [0, 0.1) is 11.8 Å². The molecule has 0 aromatic carbocycles. The third-order valence-corrected chi connectivity index (χ3v) is 3.86. The highest BCUT2D eigenvalue weighted by Crippen LogP contribution is 2.13. The van der Waals surface area contributed by atoms with E-state index in [0.29, 0.717) is 18.5 Å². The standard InChI is InChI=1S/C15H31N3O2/c1-12(2)10-14(18-6-8-20-9-7-18)11-17-15(19)13(3)4-5-16/h12-14H,4-11,16H2,1-3H3,(H,17,19). The number of carbonyl (C=O) groups is 1. The van der Waals surface area contributed by atoms with Crippen LogP contribution in [-0.2, 0) is 9.53 Å². The molecule has 5 heteroatoms. The predicted octanol–water partition coefficient (Wildman–Crippen LogP) is 0.834. The number of amides is 1. The maximum Gasteiger partial charge on any atom is 0.222 e. The Morgan fingerprint density at radius 1 is 1.30 bits per heavy atom. The van der Waals surface area contributed by atoms with E-state index in [2.05, 4.69) is 24.1 Å². The molecule has 1 amide bonds. The average molecular weight is 285 g/mol. The number of hydrogen-bond donors (Lipinski definition) is 2. The Morgan fingerprint density at radius 2 is 1.95 bits per heavy atom. The lowest BCUT2D eigenvalue weighted by atomic mass is 10.0. The second kappa shape index (κ2) is 9.32. The molecule has 0 saturated carbocycles. The Morgan fingerprint density at radius 3 is 2.50 bits per heavy atom. The number of ether oxygens (including phenoxy) is 1. The molecule has 20 heavy (non-hydrogen) atoms. The van der Waals surface area contributed by atoms with Gasteiger partial charge >= 0.3 is 0 Å². The van der Waals surface area contributed by atoms with Crippen molar-refractivity contribution >= 4 is 5.91 Å². The Kier molecular flexibility index (Phi) is 8.11. The number of carbonyl (C=O) groups excluding carboxylic acids is 1. The van der Waals surface area contributed by atoms with Crippen molar-refractivity contribution in [1.29, 1.82) is 0 Å². The Balaban J connectivity index is 2.45. The highest BCUT2D eigenvalue weighted by atomic mass is 16.5. The van der Waals surface area contributed by atoms with Crippen LogP contribution in [0.1, 0.15) is 33.6 Å². The van der Waals surface area contributed by atoms with Crippen molar-refractivity contribution in [3.63, 3.8) is 0 Å². The zero-order valence-corrected chi connectivity index (χ0v) is 13.2. The summed E-state index contributed by atoms with van der Waals surface area (Å²) in [6, 6.07) is 0.410. The second-order valence-electron chi connectivity index (χ2n) is 6.16. The maximum atomic E-state index is 12.0. The number of nitrogens with zero attached hydrogens (tertiary/aromatic N) is 1. The van der Waals surface area contributed by atoms with Gasteiger partial charge in [-0.25, -0.2) is 0 Å². The van der Waals surface area contributed by atoms with Gasteiger partial charge in [0, 0.05) is 31.6 Å². The first-order valence-electron chi connectivity index (χ1n) is 7.84. The van der Waals surface area contributed by atoms with Gasteiger partial charge in [0.05, 0.1) is 13.2 Å². The third-order valence-electron chi connectivity index (χ3n) is 3.86. The molecule has 3 N–H and O–H groups in total. The molecule has 0 aliphatic carbocycles. The lowest BCUT2D eigenvalue weighted by Crippen LogP contribution is -2.49. The molecule has 5 nitrogen and oxygen atoms in total. The van der Waals surface area contributed by atoms with Crippen molar-refractivity contribution in [2.24, 2.45) is 17.6 Å². The number of nitrogens with one attached hydrogen (secondary N) is 1. The molecule has 2 atom stereocenters. The highest BCUT2D eigenvalue weighted by Gasteiger charge is 2.23. The van der Waals surface area contributed by atoms with Gasteiger partial charge in [0.25, 0.3) is 0 Å². The van der Waals surface area contributed by atoms with Gasteiger partial charge in [-0.15, -0.1) is 0 Å². The van der Waals surface area contributed by atoms with Gasteiger partial charge in [0.15, 0.2) is 0 Å². The lowest BCUT2D eigenvalue weighted by Gasteiger charge is -2.35. The first-order chi connectivity index (χ1) is 9.54. The van der Waals surface area contributed by atoms with Crippen LogP contribution < -0.4 is 11.1 Å². The first-order valence-corrected chi connectivity index (χ1v) is 7.84. The van der Waals surface area contributed by atoms with Crippen LogP contribution in [-0.4, -0.2) is 56.2 Å². The summed E-state index contributed by atoms with van der Waals surface area (Å²) >= 11 is 0. The summed E-state index contributed by atoms with van der Waals surface area (Å²) in [5, 5.41) is 3.09. The molecule has 1 fully saturated rings. The van der Waals surface area contributed by atoms with E-state index in [1.807, 2.05) is 6.92 Å². The summed E-state index contributed by atoms with van der Waals surface area (Å²) < 4.78 is 5.41. The van der Waals surface area contributed by atoms with Gasteiger partial charge in [-0.2, -0.15) is 0 Å². The molecular weight excluding hydrogens is 254 g/mol. The molecule has 0 radical (unpaired) electrons. The largest absolute Gasteiger partial charge is 0.379 e. The van der Waals surface area contributed by atoms with Gasteiger partial charge in [0.1, 0.15) is 0 Å². The summed E-state index contributed by atoms with van der Waals surface area (Å²) in [6.07, 6.45) is 1.85. The molecule has 0 aromatic heterocycles. The summed E-state index contributed by atoms with van der Waals surface area (Å²) in [6.45, 7) is 11.2. The van der Waals surface area contributed by atoms with Gasteiger partial charge in [-0.1, -0.05) is 20.8 Å². The Labute approximate surface area is 123 Å². The quantitative estimate of drug-likeness (QED) is 0.693. The minimum absolute atomic E-state index is 0.00406. The molecule has 2 unspecified atom stereocenters. The molecule has 118 valence electrons. The van der Waals surface area contributed by atoms with E-state index in [0.717, 1.165) is 45.7 Å². The molecular formula is C15H31N3O2. The van der Waals surface area contributed by atoms with E-state index in [1.54, 1.807) is 0 Å². The van der Waals surface area contributed by atoms with Gasteiger partial charge in [-0.05, 0) is 25.3 Å². The first kappa shape index (κ1) is 17.4. The molecule has 0 spiro atoms. The zero-order valence-electron chi connectivity index (χ0n) is 13.2. The fourth-order valence-corrected chi connectivity index (χ4v) is 2.62. The summed E-state index contributed by atoms with van der Waals surface area (Å²) in [5.74, 6) is 0.753. The topological polar surface area (TPSA) is 67.6 Å². The SMILES string of the molecule is CC(C)CC(CNC(=O)C(C)CCN)N1CCOCC1. The molecule has 1 heterocycles. The Bertz CT molecular complexity index is 278. The van der Waals surface area contributed by atoms with Gasteiger partial charge in [0.2, 0.25) is 5.91 Å². The number of rotatable bonds is 8. The summed E-state index contributed by atoms with van der Waals surface area (Å²) in [5.41, 5.74) is 5.50. The monoisotopic (exact) mass is 285 g/mol. The normalized spacial score (nSPS) is 19.9. The highest BCUT2D eigenvalue weighted by molar-refractivity contribution is 5.78. The molecule has 1 aliphatic heterocycles. The van der Waals surface area contributed by atoms with Crippen molar-refractivity contribution < 1.29 is 9.53 Å². The van der Waals surface area contributed by atoms with E-state index in [1.165, 1.54) is 0 Å². The van der Waals surface area contributed by atoms with E-state index >= 15 is 0 Å². The number of nitrogens with two attached hydrogens (primary N) is 1. The van der Waals surface area contributed by atoms with Crippen molar-refractivity contribution in [1.82, 2.24) is 10.2 Å². The van der Waals surface area contributed by atoms with Crippen LogP contribution >= 0.6 is 0 Å². The van der Waals surface area contributed by atoms with E-state index < -0.39 is 0 Å². The lowest BCUT2D eigenvalue weighted by molar-refractivity contribution is -0.125. The minimum atomic E-state index is 0.00406. The summed E-state index contributed by atoms with van der Waals surface area (Å²) in [7, 11) is 0. The van der Waals surface area contributed by atoms with E-state index in [9.17, 15) is 4.79 Å². The summed E-state index contributed by atoms with van der Waals surface area (Å²) in [4.78, 5) is 14.4. The minimum Gasteiger partial charge on any atom is -0.379 e. The van der Waals surface area contributed by atoms with Crippen LogP contribution in [0.25, 0.3) is 0 Å². The molecule has 1 saturated heterocycles. The van der Waals surface area contributed by atoms with Crippen LogP contribution in [0.4, 0.5) is 0 Å². The molecule has 0 aromatic rings. The van der Waals surface area contributed by atoms with Crippen LogP contribution in [0.15, 0.2) is 0 Å². The zero-order chi connectivity index (χ0) is 15.0. The molecule has 1 aliphatic rings. The van der Waals surface area contributed by atoms with Gasteiger partial charge in [-0.3, -0.25) is 9.69 Å². The third kappa shape index (κ3) is 6.20. The number of morpholine rings is 1. The molecule has 1 rings (SSSR count). The molecule has 0 bridgehead atoms. The average Bonchev–Trinajstić information content (AvgIpc) is 2.44. The predicted molar refractivity (Wildman–Crippen MR) is 81.5 cm³/mol. The van der Waals surface area contributed by atoms with E-state index in [4.69, 9.17) is 10.5 Å². The maximum absolute atomic E-state index is 12.0. The Hall–Kier alpha value is -0.650. The van der Waals surface area contributed by atoms with E-state index in [-0.39, 0.29) is 11.8 Å². The fourth-order valence-electron chi connectivity index (χ4n) is 2.62. The van der Waals surface area contributed by atoms with Crippen molar-refractivity contribution in [2.75, 3.05) is 39.4 Å². The van der Waals surface area contributed by atoms with Crippen LogP contribution in [0.3, 0.4) is 0 Å². The van der Waals surface area contributed by atoms with Crippen molar-refractivity contribution in [3.8, 4) is 0 Å².